The summed E-state index contributed by atoms with van der Waals surface area (Å²) in [5.74, 6) is -0.110. The van der Waals surface area contributed by atoms with Crippen molar-refractivity contribution < 1.29 is 9.90 Å². The second-order valence-corrected chi connectivity index (χ2v) is 6.93. The van der Waals surface area contributed by atoms with Crippen LogP contribution in [0.5, 0.6) is 0 Å². The van der Waals surface area contributed by atoms with Crippen LogP contribution in [-0.4, -0.2) is 20.9 Å². The zero-order valence-electron chi connectivity index (χ0n) is 14.3. The summed E-state index contributed by atoms with van der Waals surface area (Å²) in [6, 6.07) is 12.3. The molecule has 3 rings (SSSR count). The van der Waals surface area contributed by atoms with E-state index in [4.69, 9.17) is 0 Å². The van der Waals surface area contributed by atoms with Gasteiger partial charge in [-0.2, -0.15) is 5.10 Å². The average Bonchev–Trinajstić information content (AvgIpc) is 2.93. The molecule has 0 bridgehead atoms. The first-order valence-electron chi connectivity index (χ1n) is 9.00. The molecular formula is C20H26N2O2. The van der Waals surface area contributed by atoms with E-state index < -0.39 is 5.97 Å². The fraction of sp³-hybridized carbons (Fsp3) is 0.500. The molecule has 1 heterocycles. The molecule has 1 aromatic heterocycles. The molecule has 2 atom stereocenters. The number of hydrogen-bond acceptors (Lipinski definition) is 2. The van der Waals surface area contributed by atoms with Gasteiger partial charge in [-0.1, -0.05) is 62.9 Å². The number of carboxylic acids is 1. The van der Waals surface area contributed by atoms with Crippen LogP contribution in [0.4, 0.5) is 0 Å². The van der Waals surface area contributed by atoms with Crippen molar-refractivity contribution in [2.24, 2.45) is 5.92 Å². The Labute approximate surface area is 143 Å². The molecule has 4 nitrogen and oxygen atoms in total. The average molecular weight is 326 g/mol. The van der Waals surface area contributed by atoms with Gasteiger partial charge < -0.3 is 5.11 Å². The van der Waals surface area contributed by atoms with Crippen LogP contribution in [0.25, 0.3) is 0 Å². The molecular weight excluding hydrogens is 300 g/mol. The van der Waals surface area contributed by atoms with Crippen LogP contribution in [0.15, 0.2) is 42.6 Å². The van der Waals surface area contributed by atoms with E-state index in [0.29, 0.717) is 11.8 Å². The number of aromatic nitrogens is 2. The highest BCUT2D eigenvalue weighted by Crippen LogP contribution is 2.40. The van der Waals surface area contributed by atoms with Crippen molar-refractivity contribution in [3.63, 3.8) is 0 Å². The lowest BCUT2D eigenvalue weighted by Gasteiger charge is -2.32. The number of hydrogen-bond donors (Lipinski definition) is 1. The molecule has 0 spiro atoms. The fourth-order valence-electron chi connectivity index (χ4n) is 4.08. The smallest absolute Gasteiger partial charge is 0.356 e. The second-order valence-electron chi connectivity index (χ2n) is 6.93. The third-order valence-corrected chi connectivity index (χ3v) is 5.35. The van der Waals surface area contributed by atoms with Gasteiger partial charge in [0.15, 0.2) is 5.69 Å². The maximum atomic E-state index is 11.2. The summed E-state index contributed by atoms with van der Waals surface area (Å²) in [5.41, 5.74) is 1.42. The Hall–Kier alpha value is -2.10. The summed E-state index contributed by atoms with van der Waals surface area (Å²) in [7, 11) is 0. The maximum absolute atomic E-state index is 11.2. The van der Waals surface area contributed by atoms with Crippen LogP contribution < -0.4 is 0 Å². The van der Waals surface area contributed by atoms with E-state index >= 15 is 0 Å². The minimum Gasteiger partial charge on any atom is -0.476 e. The van der Waals surface area contributed by atoms with Gasteiger partial charge in [-0.25, -0.2) is 4.79 Å². The van der Waals surface area contributed by atoms with Gasteiger partial charge >= 0.3 is 5.97 Å². The SMILES string of the molecule is CC(c1ccccc1)C(C1CCCCCC1)n1ccc(C(=O)O)n1. The van der Waals surface area contributed by atoms with Crippen molar-refractivity contribution in [1.82, 2.24) is 9.78 Å². The van der Waals surface area contributed by atoms with Crippen molar-refractivity contribution in [1.29, 1.82) is 0 Å². The summed E-state index contributed by atoms with van der Waals surface area (Å²) in [4.78, 5) is 11.2. The number of nitrogens with zero attached hydrogens (tertiary/aromatic N) is 2. The molecule has 1 saturated carbocycles. The Bertz CT molecular complexity index is 657. The van der Waals surface area contributed by atoms with Gasteiger partial charge in [0, 0.05) is 12.1 Å². The van der Waals surface area contributed by atoms with Crippen LogP contribution >= 0.6 is 0 Å². The summed E-state index contributed by atoms with van der Waals surface area (Å²) in [6.07, 6.45) is 9.38. The molecule has 1 N–H and O–H groups in total. The Balaban J connectivity index is 1.94. The van der Waals surface area contributed by atoms with Crippen molar-refractivity contribution >= 4 is 5.97 Å². The molecule has 1 fully saturated rings. The van der Waals surface area contributed by atoms with E-state index in [1.54, 1.807) is 6.07 Å². The molecule has 2 aromatic rings. The zero-order chi connectivity index (χ0) is 16.9. The predicted molar refractivity (Wildman–Crippen MR) is 94.3 cm³/mol. The van der Waals surface area contributed by atoms with Gasteiger partial charge in [-0.05, 0) is 30.4 Å². The first-order valence-corrected chi connectivity index (χ1v) is 9.00. The van der Waals surface area contributed by atoms with E-state index in [0.717, 1.165) is 0 Å². The van der Waals surface area contributed by atoms with Gasteiger partial charge in [-0.3, -0.25) is 4.68 Å². The van der Waals surface area contributed by atoms with Crippen LogP contribution in [0, 0.1) is 5.92 Å². The van der Waals surface area contributed by atoms with Crippen molar-refractivity contribution in [2.75, 3.05) is 0 Å². The Morgan fingerprint density at radius 1 is 1.12 bits per heavy atom. The number of rotatable bonds is 5. The van der Waals surface area contributed by atoms with Gasteiger partial charge in [0.25, 0.3) is 0 Å². The topological polar surface area (TPSA) is 55.1 Å². The summed E-state index contributed by atoms with van der Waals surface area (Å²) in [6.45, 7) is 2.24. The third kappa shape index (κ3) is 3.69. The van der Waals surface area contributed by atoms with Crippen LogP contribution in [0.1, 0.15) is 73.5 Å². The lowest BCUT2D eigenvalue weighted by molar-refractivity contribution is 0.0688. The van der Waals surface area contributed by atoms with E-state index in [1.165, 1.54) is 44.1 Å². The molecule has 2 unspecified atom stereocenters. The van der Waals surface area contributed by atoms with Crippen molar-refractivity contribution in [2.45, 2.75) is 57.4 Å². The molecule has 0 amide bonds. The highest BCUT2D eigenvalue weighted by Gasteiger charge is 2.31. The number of carbonyl (C=O) groups is 1. The minimum absolute atomic E-state index is 0.133. The third-order valence-electron chi connectivity index (χ3n) is 5.35. The van der Waals surface area contributed by atoms with Gasteiger partial charge in [0.05, 0.1) is 6.04 Å². The first-order chi connectivity index (χ1) is 11.7. The molecule has 4 heteroatoms. The van der Waals surface area contributed by atoms with E-state index in [2.05, 4.69) is 36.3 Å². The molecule has 1 aliphatic rings. The van der Waals surface area contributed by atoms with Crippen LogP contribution in [0.2, 0.25) is 0 Å². The zero-order valence-corrected chi connectivity index (χ0v) is 14.3. The molecule has 128 valence electrons. The lowest BCUT2D eigenvalue weighted by atomic mass is 9.81. The second kappa shape index (κ2) is 7.65. The summed E-state index contributed by atoms with van der Waals surface area (Å²) in [5, 5.41) is 13.6. The van der Waals surface area contributed by atoms with E-state index in [-0.39, 0.29) is 11.7 Å². The largest absolute Gasteiger partial charge is 0.476 e. The van der Waals surface area contributed by atoms with Crippen molar-refractivity contribution in [3.05, 3.63) is 53.9 Å². The number of aromatic carboxylic acids is 1. The van der Waals surface area contributed by atoms with Crippen LogP contribution in [-0.2, 0) is 0 Å². The minimum atomic E-state index is -0.958. The Kier molecular flexibility index (Phi) is 5.34. The summed E-state index contributed by atoms with van der Waals surface area (Å²) < 4.78 is 1.91. The predicted octanol–water partition coefficient (Wildman–Crippen LogP) is 4.90. The molecule has 0 aliphatic heterocycles. The highest BCUT2D eigenvalue weighted by atomic mass is 16.4. The maximum Gasteiger partial charge on any atom is 0.356 e. The van der Waals surface area contributed by atoms with Crippen LogP contribution in [0.3, 0.4) is 0 Å². The van der Waals surface area contributed by atoms with E-state index in [9.17, 15) is 9.90 Å². The standard InChI is InChI=1S/C20H26N2O2/c1-15(16-9-7-4-8-10-16)19(17-11-5-2-3-6-12-17)22-14-13-18(21-22)20(23)24/h4,7-10,13-15,17,19H,2-3,5-6,11-12H2,1H3,(H,23,24). The highest BCUT2D eigenvalue weighted by molar-refractivity contribution is 5.85. The number of benzene rings is 1. The Morgan fingerprint density at radius 3 is 2.38 bits per heavy atom. The summed E-state index contributed by atoms with van der Waals surface area (Å²) >= 11 is 0. The molecule has 1 aromatic carbocycles. The van der Waals surface area contributed by atoms with E-state index in [1.807, 2.05) is 16.9 Å². The molecule has 1 aliphatic carbocycles. The molecule has 0 saturated heterocycles. The van der Waals surface area contributed by atoms with Gasteiger partial charge in [0.1, 0.15) is 0 Å². The normalized spacial score (nSPS) is 18.7. The quantitative estimate of drug-likeness (QED) is 0.795. The monoisotopic (exact) mass is 326 g/mol. The molecule has 0 radical (unpaired) electrons. The number of carboxylic acid groups (broad SMARTS) is 1. The van der Waals surface area contributed by atoms with Gasteiger partial charge in [-0.15, -0.1) is 0 Å². The molecule has 24 heavy (non-hydrogen) atoms. The lowest BCUT2D eigenvalue weighted by Crippen LogP contribution is -2.25. The van der Waals surface area contributed by atoms with Gasteiger partial charge in [0.2, 0.25) is 0 Å². The fourth-order valence-corrected chi connectivity index (χ4v) is 4.08. The Morgan fingerprint density at radius 2 is 1.79 bits per heavy atom. The first kappa shape index (κ1) is 16.7. The van der Waals surface area contributed by atoms with Crippen molar-refractivity contribution in [3.8, 4) is 0 Å².